The van der Waals surface area contributed by atoms with Crippen molar-refractivity contribution in [3.8, 4) is 0 Å². The summed E-state index contributed by atoms with van der Waals surface area (Å²) in [4.78, 5) is 16.9. The first-order chi connectivity index (χ1) is 14.2. The highest BCUT2D eigenvalue weighted by Crippen LogP contribution is 2.28. The van der Waals surface area contributed by atoms with Gasteiger partial charge in [-0.15, -0.1) is 10.2 Å². The SMILES string of the molecule is Cc1ccc2c(c1)c1nnc(NC(=O)c3ccco3)nc1n2Cc1ccccc1. The third-order valence-electron chi connectivity index (χ3n) is 4.78. The van der Waals surface area contributed by atoms with Gasteiger partial charge < -0.3 is 8.98 Å². The highest BCUT2D eigenvalue weighted by atomic mass is 16.3. The molecule has 7 heteroatoms. The predicted molar refractivity (Wildman–Crippen MR) is 110 cm³/mol. The van der Waals surface area contributed by atoms with Crippen molar-refractivity contribution in [2.24, 2.45) is 0 Å². The zero-order valence-corrected chi connectivity index (χ0v) is 15.7. The fourth-order valence-corrected chi connectivity index (χ4v) is 3.42. The first-order valence-electron chi connectivity index (χ1n) is 9.21. The summed E-state index contributed by atoms with van der Waals surface area (Å²) in [6.07, 6.45) is 1.44. The number of nitrogens with zero attached hydrogens (tertiary/aromatic N) is 4. The van der Waals surface area contributed by atoms with E-state index in [0.717, 1.165) is 22.0 Å². The van der Waals surface area contributed by atoms with E-state index >= 15 is 0 Å². The number of hydrogen-bond donors (Lipinski definition) is 1. The lowest BCUT2D eigenvalue weighted by molar-refractivity contribution is 0.0995. The molecular weight excluding hydrogens is 366 g/mol. The summed E-state index contributed by atoms with van der Waals surface area (Å²) in [6.45, 7) is 2.67. The minimum absolute atomic E-state index is 0.132. The topological polar surface area (TPSA) is 85.8 Å². The van der Waals surface area contributed by atoms with Crippen molar-refractivity contribution in [3.63, 3.8) is 0 Å². The number of carbonyl (C=O) groups excluding carboxylic acids is 1. The smallest absolute Gasteiger partial charge is 0.293 e. The number of benzene rings is 2. The molecule has 0 bridgehead atoms. The summed E-state index contributed by atoms with van der Waals surface area (Å²) < 4.78 is 7.22. The minimum atomic E-state index is -0.419. The predicted octanol–water partition coefficient (Wildman–Crippen LogP) is 4.18. The van der Waals surface area contributed by atoms with Gasteiger partial charge in [-0.05, 0) is 36.8 Å². The third kappa shape index (κ3) is 3.12. The van der Waals surface area contributed by atoms with Crippen molar-refractivity contribution in [1.82, 2.24) is 19.7 Å². The molecule has 1 N–H and O–H groups in total. The monoisotopic (exact) mass is 383 g/mol. The fourth-order valence-electron chi connectivity index (χ4n) is 3.42. The number of anilines is 1. The van der Waals surface area contributed by atoms with Gasteiger partial charge in [-0.1, -0.05) is 42.0 Å². The van der Waals surface area contributed by atoms with Crippen molar-refractivity contribution in [2.75, 3.05) is 5.32 Å². The lowest BCUT2D eigenvalue weighted by Gasteiger charge is -2.07. The maximum Gasteiger partial charge on any atom is 0.293 e. The molecule has 7 nitrogen and oxygen atoms in total. The van der Waals surface area contributed by atoms with E-state index in [-0.39, 0.29) is 11.7 Å². The maximum absolute atomic E-state index is 12.3. The van der Waals surface area contributed by atoms with Gasteiger partial charge in [0.05, 0.1) is 11.8 Å². The zero-order chi connectivity index (χ0) is 19.8. The molecule has 0 saturated carbocycles. The standard InChI is InChI=1S/C22H17N5O2/c1-14-9-10-17-16(12-14)19-20(27(17)13-15-6-3-2-4-7-15)23-22(26-25-19)24-21(28)18-8-5-11-29-18/h2-12H,13H2,1H3,(H,23,24,26,28). The van der Waals surface area contributed by atoms with E-state index in [1.807, 2.05) is 25.1 Å². The molecule has 0 aliphatic carbocycles. The second-order valence-electron chi connectivity index (χ2n) is 6.83. The van der Waals surface area contributed by atoms with Crippen LogP contribution in [0.5, 0.6) is 0 Å². The summed E-state index contributed by atoms with van der Waals surface area (Å²) >= 11 is 0. The molecule has 2 aromatic carbocycles. The van der Waals surface area contributed by atoms with Gasteiger partial charge in [0.25, 0.3) is 11.9 Å². The van der Waals surface area contributed by atoms with Crippen molar-refractivity contribution in [1.29, 1.82) is 0 Å². The molecule has 3 heterocycles. The Kier molecular flexibility index (Phi) is 4.05. The first-order valence-corrected chi connectivity index (χ1v) is 9.21. The zero-order valence-electron chi connectivity index (χ0n) is 15.7. The normalized spacial score (nSPS) is 11.2. The van der Waals surface area contributed by atoms with Crippen molar-refractivity contribution in [3.05, 3.63) is 83.8 Å². The van der Waals surface area contributed by atoms with Crippen molar-refractivity contribution < 1.29 is 9.21 Å². The van der Waals surface area contributed by atoms with E-state index in [1.165, 1.54) is 6.26 Å². The van der Waals surface area contributed by atoms with E-state index in [1.54, 1.807) is 12.1 Å². The molecule has 0 unspecified atom stereocenters. The Labute approximate surface area is 166 Å². The molecule has 0 fully saturated rings. The van der Waals surface area contributed by atoms with Gasteiger partial charge in [0, 0.05) is 11.9 Å². The molecule has 0 aliphatic rings. The van der Waals surface area contributed by atoms with Crippen LogP contribution in [0, 0.1) is 6.92 Å². The number of nitrogens with one attached hydrogen (secondary N) is 1. The molecule has 5 aromatic rings. The summed E-state index contributed by atoms with van der Waals surface area (Å²) in [5.41, 5.74) is 4.67. The third-order valence-corrected chi connectivity index (χ3v) is 4.78. The Morgan fingerprint density at radius 3 is 2.72 bits per heavy atom. The maximum atomic E-state index is 12.3. The Morgan fingerprint density at radius 2 is 1.93 bits per heavy atom. The van der Waals surface area contributed by atoms with E-state index in [2.05, 4.69) is 55.4 Å². The second kappa shape index (κ2) is 6.87. The number of furan rings is 1. The first kappa shape index (κ1) is 17.1. The molecule has 29 heavy (non-hydrogen) atoms. The highest BCUT2D eigenvalue weighted by Gasteiger charge is 2.17. The van der Waals surface area contributed by atoms with Crippen molar-refractivity contribution in [2.45, 2.75) is 13.5 Å². The Balaban J connectivity index is 1.64. The molecule has 1 amide bonds. The van der Waals surface area contributed by atoms with Crippen LogP contribution in [0.25, 0.3) is 22.1 Å². The molecular formula is C22H17N5O2. The largest absolute Gasteiger partial charge is 0.459 e. The summed E-state index contributed by atoms with van der Waals surface area (Å²) in [5, 5.41) is 12.1. The van der Waals surface area contributed by atoms with Gasteiger partial charge in [0.15, 0.2) is 11.4 Å². The van der Waals surface area contributed by atoms with Crippen molar-refractivity contribution >= 4 is 33.9 Å². The van der Waals surface area contributed by atoms with Gasteiger partial charge in [-0.25, -0.2) is 0 Å². The molecule has 0 spiro atoms. The number of hydrogen-bond acceptors (Lipinski definition) is 5. The lowest BCUT2D eigenvalue weighted by atomic mass is 10.1. The average molecular weight is 383 g/mol. The Morgan fingerprint density at radius 1 is 1.07 bits per heavy atom. The quantitative estimate of drug-likeness (QED) is 0.503. The number of amides is 1. The van der Waals surface area contributed by atoms with Crippen LogP contribution >= 0.6 is 0 Å². The van der Waals surface area contributed by atoms with Gasteiger partial charge in [-0.2, -0.15) is 4.98 Å². The minimum Gasteiger partial charge on any atom is -0.459 e. The Hall–Kier alpha value is -4.00. The van der Waals surface area contributed by atoms with E-state index in [9.17, 15) is 4.79 Å². The highest BCUT2D eigenvalue weighted by molar-refractivity contribution is 6.05. The average Bonchev–Trinajstić information content (AvgIpc) is 3.36. The number of fused-ring (bicyclic) bond motifs is 3. The van der Waals surface area contributed by atoms with Crippen LogP contribution in [-0.2, 0) is 6.54 Å². The molecule has 0 radical (unpaired) electrons. The van der Waals surface area contributed by atoms with Gasteiger partial charge in [-0.3, -0.25) is 10.1 Å². The van der Waals surface area contributed by atoms with E-state index < -0.39 is 5.91 Å². The number of aromatic nitrogens is 4. The van der Waals surface area contributed by atoms with Crippen LogP contribution in [0.3, 0.4) is 0 Å². The lowest BCUT2D eigenvalue weighted by Crippen LogP contribution is -2.14. The van der Waals surface area contributed by atoms with Crippen LogP contribution < -0.4 is 5.32 Å². The molecule has 0 saturated heterocycles. The van der Waals surface area contributed by atoms with E-state index in [0.29, 0.717) is 17.7 Å². The van der Waals surface area contributed by atoms with Gasteiger partial charge >= 0.3 is 0 Å². The number of rotatable bonds is 4. The summed E-state index contributed by atoms with van der Waals surface area (Å²) in [7, 11) is 0. The van der Waals surface area contributed by atoms with Crippen LogP contribution in [-0.4, -0.2) is 25.7 Å². The molecule has 0 aliphatic heterocycles. The van der Waals surface area contributed by atoms with Crippen LogP contribution in [0.15, 0.2) is 71.3 Å². The summed E-state index contributed by atoms with van der Waals surface area (Å²) in [6, 6.07) is 19.6. The molecule has 142 valence electrons. The van der Waals surface area contributed by atoms with Crippen LogP contribution in [0.2, 0.25) is 0 Å². The van der Waals surface area contributed by atoms with Crippen LogP contribution in [0.1, 0.15) is 21.7 Å². The van der Waals surface area contributed by atoms with Gasteiger partial charge in [0.1, 0.15) is 5.52 Å². The second-order valence-corrected chi connectivity index (χ2v) is 6.83. The molecule has 3 aromatic heterocycles. The fraction of sp³-hybridized carbons (Fsp3) is 0.0909. The Bertz CT molecular complexity index is 1320. The number of carbonyl (C=O) groups is 1. The van der Waals surface area contributed by atoms with Crippen LogP contribution in [0.4, 0.5) is 5.95 Å². The number of aryl methyl sites for hydroxylation is 1. The van der Waals surface area contributed by atoms with E-state index in [4.69, 9.17) is 4.42 Å². The molecule has 0 atom stereocenters. The van der Waals surface area contributed by atoms with Gasteiger partial charge in [0.2, 0.25) is 0 Å². The summed E-state index contributed by atoms with van der Waals surface area (Å²) in [5.74, 6) is -0.0976. The molecule has 5 rings (SSSR count).